The predicted octanol–water partition coefficient (Wildman–Crippen LogP) is 4.28. The lowest BCUT2D eigenvalue weighted by Gasteiger charge is -2.15. The van der Waals surface area contributed by atoms with Gasteiger partial charge in [0.25, 0.3) is 0 Å². The first-order chi connectivity index (χ1) is 8.99. The summed E-state index contributed by atoms with van der Waals surface area (Å²) >= 11 is 3.35. The molecular formula is C15H14BrF2N. The summed E-state index contributed by atoms with van der Waals surface area (Å²) < 4.78 is 28.0. The fraction of sp³-hybridized carbons (Fsp3) is 0.200. The molecule has 0 spiro atoms. The van der Waals surface area contributed by atoms with Crippen LogP contribution in [0.2, 0.25) is 0 Å². The van der Waals surface area contributed by atoms with Gasteiger partial charge < -0.3 is 5.73 Å². The van der Waals surface area contributed by atoms with Gasteiger partial charge in [0.1, 0.15) is 11.6 Å². The van der Waals surface area contributed by atoms with Crippen molar-refractivity contribution in [2.75, 3.05) is 0 Å². The Bertz CT molecular complexity index is 599. The molecule has 0 aliphatic heterocycles. The molecule has 2 aromatic rings. The highest BCUT2D eigenvalue weighted by Crippen LogP contribution is 2.25. The fourth-order valence-electron chi connectivity index (χ4n) is 2.00. The van der Waals surface area contributed by atoms with Crippen LogP contribution in [-0.2, 0) is 6.42 Å². The van der Waals surface area contributed by atoms with Gasteiger partial charge in [-0.15, -0.1) is 0 Å². The summed E-state index contributed by atoms with van der Waals surface area (Å²) in [6.07, 6.45) is 0.374. The molecule has 0 heterocycles. The Hall–Kier alpha value is -1.26. The van der Waals surface area contributed by atoms with Crippen LogP contribution in [0.15, 0.2) is 40.9 Å². The number of aryl methyl sites for hydroxylation is 1. The van der Waals surface area contributed by atoms with Gasteiger partial charge in [-0.05, 0) is 42.7 Å². The zero-order chi connectivity index (χ0) is 14.0. The molecule has 0 amide bonds. The number of benzene rings is 2. The average molecular weight is 326 g/mol. The third kappa shape index (κ3) is 3.19. The van der Waals surface area contributed by atoms with E-state index < -0.39 is 6.04 Å². The summed E-state index contributed by atoms with van der Waals surface area (Å²) in [7, 11) is 0. The van der Waals surface area contributed by atoms with Gasteiger partial charge >= 0.3 is 0 Å². The molecule has 1 unspecified atom stereocenters. The molecule has 0 aliphatic carbocycles. The van der Waals surface area contributed by atoms with Crippen LogP contribution in [0.5, 0.6) is 0 Å². The van der Waals surface area contributed by atoms with Crippen LogP contribution in [-0.4, -0.2) is 0 Å². The number of hydrogen-bond acceptors (Lipinski definition) is 1. The first-order valence-corrected chi connectivity index (χ1v) is 6.73. The molecule has 0 fully saturated rings. The van der Waals surface area contributed by atoms with E-state index >= 15 is 0 Å². The highest BCUT2D eigenvalue weighted by atomic mass is 79.9. The maximum absolute atomic E-state index is 14.0. The molecule has 2 aromatic carbocycles. The fourth-order valence-corrected chi connectivity index (χ4v) is 2.41. The van der Waals surface area contributed by atoms with Crippen molar-refractivity contribution in [1.29, 1.82) is 0 Å². The monoisotopic (exact) mass is 325 g/mol. The van der Waals surface area contributed by atoms with Gasteiger partial charge in [0.15, 0.2) is 0 Å². The van der Waals surface area contributed by atoms with Gasteiger partial charge in [-0.1, -0.05) is 34.1 Å². The molecule has 4 heteroatoms. The van der Waals surface area contributed by atoms with Crippen molar-refractivity contribution < 1.29 is 8.78 Å². The van der Waals surface area contributed by atoms with Crippen LogP contribution in [0, 0.1) is 18.6 Å². The second-order valence-electron chi connectivity index (χ2n) is 4.52. The third-order valence-electron chi connectivity index (χ3n) is 3.07. The average Bonchev–Trinajstić information content (AvgIpc) is 2.37. The summed E-state index contributed by atoms with van der Waals surface area (Å²) in [5.41, 5.74) is 7.78. The van der Waals surface area contributed by atoms with Crippen molar-refractivity contribution in [2.24, 2.45) is 5.73 Å². The lowest BCUT2D eigenvalue weighted by molar-refractivity contribution is 0.571. The maximum Gasteiger partial charge on any atom is 0.130 e. The summed E-state index contributed by atoms with van der Waals surface area (Å²) in [6, 6.07) is 9.05. The van der Waals surface area contributed by atoms with E-state index in [-0.39, 0.29) is 11.6 Å². The number of nitrogens with two attached hydrogens (primary N) is 1. The summed E-state index contributed by atoms with van der Waals surface area (Å²) in [4.78, 5) is 0. The lowest BCUT2D eigenvalue weighted by atomic mass is 9.97. The summed E-state index contributed by atoms with van der Waals surface area (Å²) in [6.45, 7) is 1.70. The van der Waals surface area contributed by atoms with Crippen LogP contribution in [0.1, 0.15) is 22.7 Å². The van der Waals surface area contributed by atoms with Crippen molar-refractivity contribution in [3.63, 3.8) is 0 Å². The number of hydrogen-bond donors (Lipinski definition) is 1. The van der Waals surface area contributed by atoms with Crippen molar-refractivity contribution in [3.05, 3.63) is 69.2 Å². The van der Waals surface area contributed by atoms with E-state index in [1.165, 1.54) is 12.1 Å². The number of halogens is 3. The molecule has 0 aliphatic rings. The molecule has 0 aromatic heterocycles. The summed E-state index contributed by atoms with van der Waals surface area (Å²) in [5, 5.41) is 0. The van der Waals surface area contributed by atoms with Crippen LogP contribution < -0.4 is 5.73 Å². The van der Waals surface area contributed by atoms with E-state index in [0.717, 1.165) is 10.0 Å². The minimum absolute atomic E-state index is 0.289. The van der Waals surface area contributed by atoms with E-state index in [1.54, 1.807) is 31.2 Å². The van der Waals surface area contributed by atoms with E-state index in [1.807, 2.05) is 0 Å². The zero-order valence-corrected chi connectivity index (χ0v) is 12.0. The van der Waals surface area contributed by atoms with Crippen molar-refractivity contribution in [1.82, 2.24) is 0 Å². The second kappa shape index (κ2) is 5.80. The molecule has 2 N–H and O–H groups in total. The van der Waals surface area contributed by atoms with E-state index in [0.29, 0.717) is 17.5 Å². The minimum Gasteiger partial charge on any atom is -0.324 e. The highest BCUT2D eigenvalue weighted by Gasteiger charge is 2.15. The zero-order valence-electron chi connectivity index (χ0n) is 10.5. The smallest absolute Gasteiger partial charge is 0.130 e. The standard InChI is InChI=1S/C15H14BrF2N/c1-9-3-2-4-12(15(9)18)14(19)8-10-7-11(17)5-6-13(10)16/h2-7,14H,8,19H2,1H3. The molecule has 1 atom stereocenters. The number of rotatable bonds is 3. The second-order valence-corrected chi connectivity index (χ2v) is 5.38. The maximum atomic E-state index is 14.0. The minimum atomic E-state index is -0.502. The Balaban J connectivity index is 2.28. The Kier molecular flexibility index (Phi) is 4.32. The molecule has 100 valence electrons. The topological polar surface area (TPSA) is 26.0 Å². The van der Waals surface area contributed by atoms with Gasteiger partial charge in [-0.2, -0.15) is 0 Å². The van der Waals surface area contributed by atoms with E-state index in [2.05, 4.69) is 15.9 Å². The van der Waals surface area contributed by atoms with Crippen molar-refractivity contribution in [2.45, 2.75) is 19.4 Å². The molecule has 0 saturated carbocycles. The largest absolute Gasteiger partial charge is 0.324 e. The first-order valence-electron chi connectivity index (χ1n) is 5.93. The summed E-state index contributed by atoms with van der Waals surface area (Å²) in [5.74, 6) is -0.613. The molecule has 1 nitrogen and oxygen atoms in total. The predicted molar refractivity (Wildman–Crippen MR) is 75.9 cm³/mol. The van der Waals surface area contributed by atoms with Crippen LogP contribution in [0.25, 0.3) is 0 Å². The van der Waals surface area contributed by atoms with Crippen molar-refractivity contribution >= 4 is 15.9 Å². The van der Waals surface area contributed by atoms with Crippen LogP contribution in [0.3, 0.4) is 0 Å². The highest BCUT2D eigenvalue weighted by molar-refractivity contribution is 9.10. The van der Waals surface area contributed by atoms with Crippen molar-refractivity contribution in [3.8, 4) is 0 Å². The van der Waals surface area contributed by atoms with Gasteiger partial charge in [-0.3, -0.25) is 0 Å². The Morgan fingerprint density at radius 2 is 1.95 bits per heavy atom. The Morgan fingerprint density at radius 3 is 2.68 bits per heavy atom. The van der Waals surface area contributed by atoms with Crippen LogP contribution >= 0.6 is 15.9 Å². The molecule has 0 bridgehead atoms. The SMILES string of the molecule is Cc1cccc(C(N)Cc2cc(F)ccc2Br)c1F. The Morgan fingerprint density at radius 1 is 1.21 bits per heavy atom. The molecule has 0 radical (unpaired) electrons. The normalized spacial score (nSPS) is 12.5. The Labute approximate surface area is 119 Å². The third-order valence-corrected chi connectivity index (χ3v) is 3.84. The lowest BCUT2D eigenvalue weighted by Crippen LogP contribution is -2.16. The molecule has 2 rings (SSSR count). The van der Waals surface area contributed by atoms with Gasteiger partial charge in [0, 0.05) is 16.1 Å². The van der Waals surface area contributed by atoms with Gasteiger partial charge in [0.05, 0.1) is 0 Å². The quantitative estimate of drug-likeness (QED) is 0.895. The van der Waals surface area contributed by atoms with E-state index in [9.17, 15) is 8.78 Å². The van der Waals surface area contributed by atoms with Gasteiger partial charge in [0.2, 0.25) is 0 Å². The van der Waals surface area contributed by atoms with Crippen LogP contribution in [0.4, 0.5) is 8.78 Å². The molecular weight excluding hydrogens is 312 g/mol. The van der Waals surface area contributed by atoms with Gasteiger partial charge in [-0.25, -0.2) is 8.78 Å². The molecule has 19 heavy (non-hydrogen) atoms. The molecule has 0 saturated heterocycles. The first kappa shape index (κ1) is 14.2. The van der Waals surface area contributed by atoms with E-state index in [4.69, 9.17) is 5.73 Å².